The number of aromatic nitrogens is 1. The Kier molecular flexibility index (Phi) is 5.30. The fraction of sp³-hybridized carbons (Fsp3) is 0.462. The Morgan fingerprint density at radius 2 is 2.00 bits per heavy atom. The van der Waals surface area contributed by atoms with Crippen molar-refractivity contribution in [3.8, 4) is 0 Å². The van der Waals surface area contributed by atoms with Crippen LogP contribution in [0.3, 0.4) is 0 Å². The minimum absolute atomic E-state index is 0.0112. The lowest BCUT2D eigenvalue weighted by Crippen LogP contribution is -2.33. The molecule has 2 unspecified atom stereocenters. The number of hydrogen-bond acceptors (Lipinski definition) is 3. The summed E-state index contributed by atoms with van der Waals surface area (Å²) >= 11 is 17.5. The first-order valence-electron chi connectivity index (χ1n) is 6.42. The number of nitrogens with zero attached hydrogens (tertiary/aromatic N) is 1. The first-order chi connectivity index (χ1) is 9.91. The van der Waals surface area contributed by atoms with Crippen molar-refractivity contribution in [2.75, 3.05) is 6.54 Å². The molecule has 2 atom stereocenters. The summed E-state index contributed by atoms with van der Waals surface area (Å²) in [6.07, 6.45) is 3.52. The number of pyridine rings is 1. The van der Waals surface area contributed by atoms with Crippen LogP contribution in [0.2, 0.25) is 15.1 Å². The highest BCUT2D eigenvalue weighted by atomic mass is 35.5. The highest BCUT2D eigenvalue weighted by molar-refractivity contribution is 6.48. The quantitative estimate of drug-likeness (QED) is 0.872. The van der Waals surface area contributed by atoms with Crippen LogP contribution in [0.1, 0.15) is 29.8 Å². The summed E-state index contributed by atoms with van der Waals surface area (Å²) in [6.45, 7) is 0.272. The Morgan fingerprint density at radius 3 is 2.67 bits per heavy atom. The molecule has 1 aliphatic rings. The molecule has 0 spiro atoms. The lowest BCUT2D eigenvalue weighted by Gasteiger charge is -2.16. The summed E-state index contributed by atoms with van der Waals surface area (Å²) in [7, 11) is 0. The first-order valence-corrected chi connectivity index (χ1v) is 7.55. The van der Waals surface area contributed by atoms with E-state index in [4.69, 9.17) is 39.9 Å². The molecule has 0 saturated heterocycles. The molecule has 0 bridgehead atoms. The second kappa shape index (κ2) is 6.81. The molecule has 8 heteroatoms. The molecule has 5 nitrogen and oxygen atoms in total. The van der Waals surface area contributed by atoms with Crippen LogP contribution in [0.25, 0.3) is 0 Å². The fourth-order valence-electron chi connectivity index (χ4n) is 2.52. The molecule has 0 aliphatic heterocycles. The van der Waals surface area contributed by atoms with Crippen LogP contribution >= 0.6 is 34.8 Å². The van der Waals surface area contributed by atoms with E-state index in [2.05, 4.69) is 10.3 Å². The number of halogens is 3. The van der Waals surface area contributed by atoms with Gasteiger partial charge in [0.1, 0.15) is 5.69 Å². The Hall–Kier alpha value is -1.04. The molecule has 1 aromatic rings. The highest BCUT2D eigenvalue weighted by Gasteiger charge is 2.33. The third-order valence-electron chi connectivity index (χ3n) is 3.63. The van der Waals surface area contributed by atoms with E-state index in [0.29, 0.717) is 6.42 Å². The van der Waals surface area contributed by atoms with Crippen LogP contribution in [-0.2, 0) is 4.79 Å². The van der Waals surface area contributed by atoms with Gasteiger partial charge >= 0.3 is 5.97 Å². The van der Waals surface area contributed by atoms with Gasteiger partial charge in [-0.25, -0.2) is 4.98 Å². The lowest BCUT2D eigenvalue weighted by atomic mass is 9.96. The van der Waals surface area contributed by atoms with Crippen molar-refractivity contribution in [1.29, 1.82) is 0 Å². The molecule has 1 saturated carbocycles. The number of carbonyl (C=O) groups is 2. The van der Waals surface area contributed by atoms with Crippen LogP contribution in [0.15, 0.2) is 6.20 Å². The summed E-state index contributed by atoms with van der Waals surface area (Å²) in [5.41, 5.74) is -0.0176. The zero-order valence-corrected chi connectivity index (χ0v) is 13.2. The number of carboxylic acid groups (broad SMARTS) is 1. The minimum atomic E-state index is -0.822. The average molecular weight is 352 g/mol. The van der Waals surface area contributed by atoms with Gasteiger partial charge in [0.25, 0.3) is 5.91 Å². The van der Waals surface area contributed by atoms with E-state index in [0.717, 1.165) is 12.8 Å². The minimum Gasteiger partial charge on any atom is -0.481 e. The molecular formula is C13H13Cl3N2O3. The van der Waals surface area contributed by atoms with Crippen molar-refractivity contribution in [3.05, 3.63) is 27.0 Å². The standard InChI is InChI=1S/C13H13Cl3N2O3/c14-8-5-17-11(10(16)9(8)15)12(19)18-4-6-2-1-3-7(6)13(20)21/h5-7H,1-4H2,(H,18,19)(H,20,21). The van der Waals surface area contributed by atoms with Crippen LogP contribution in [0, 0.1) is 11.8 Å². The van der Waals surface area contributed by atoms with Gasteiger partial charge in [-0.2, -0.15) is 0 Å². The van der Waals surface area contributed by atoms with Crippen molar-refractivity contribution >= 4 is 46.7 Å². The monoisotopic (exact) mass is 350 g/mol. The largest absolute Gasteiger partial charge is 0.481 e. The molecule has 1 heterocycles. The predicted octanol–water partition coefficient (Wildman–Crippen LogP) is 3.27. The number of rotatable bonds is 4. The van der Waals surface area contributed by atoms with Crippen LogP contribution in [0.5, 0.6) is 0 Å². The number of hydrogen-bond donors (Lipinski definition) is 2. The number of aliphatic carboxylic acids is 1. The topological polar surface area (TPSA) is 79.3 Å². The molecule has 0 aromatic carbocycles. The van der Waals surface area contributed by atoms with E-state index < -0.39 is 17.8 Å². The molecule has 1 aliphatic carbocycles. The molecule has 1 amide bonds. The highest BCUT2D eigenvalue weighted by Crippen LogP contribution is 2.32. The summed E-state index contributed by atoms with van der Waals surface area (Å²) in [5, 5.41) is 12.0. The van der Waals surface area contributed by atoms with Gasteiger partial charge in [0.2, 0.25) is 0 Å². The maximum absolute atomic E-state index is 12.1. The van der Waals surface area contributed by atoms with Crippen molar-refractivity contribution in [2.24, 2.45) is 11.8 Å². The number of nitrogens with one attached hydrogen (secondary N) is 1. The van der Waals surface area contributed by atoms with E-state index in [9.17, 15) is 9.59 Å². The summed E-state index contributed by atoms with van der Waals surface area (Å²) in [4.78, 5) is 27.0. The van der Waals surface area contributed by atoms with Gasteiger partial charge in [-0.15, -0.1) is 0 Å². The smallest absolute Gasteiger partial charge is 0.306 e. The van der Waals surface area contributed by atoms with E-state index in [1.54, 1.807) is 0 Å². The van der Waals surface area contributed by atoms with E-state index in [1.807, 2.05) is 0 Å². The summed E-state index contributed by atoms with van der Waals surface area (Å²) < 4.78 is 0. The maximum atomic E-state index is 12.1. The Morgan fingerprint density at radius 1 is 1.29 bits per heavy atom. The van der Waals surface area contributed by atoms with Gasteiger partial charge in [0.05, 0.1) is 21.0 Å². The Balaban J connectivity index is 2.02. The zero-order chi connectivity index (χ0) is 15.6. The first kappa shape index (κ1) is 16.3. The zero-order valence-electron chi connectivity index (χ0n) is 10.9. The van der Waals surface area contributed by atoms with E-state index in [1.165, 1.54) is 6.20 Å². The average Bonchev–Trinajstić information content (AvgIpc) is 2.91. The predicted molar refractivity (Wildman–Crippen MR) is 80.1 cm³/mol. The lowest BCUT2D eigenvalue weighted by molar-refractivity contribution is -0.142. The second-order valence-corrected chi connectivity index (χ2v) is 6.09. The molecule has 114 valence electrons. The molecule has 1 fully saturated rings. The molecular weight excluding hydrogens is 339 g/mol. The van der Waals surface area contributed by atoms with Gasteiger partial charge in [0, 0.05) is 12.7 Å². The van der Waals surface area contributed by atoms with Gasteiger partial charge in [-0.3, -0.25) is 9.59 Å². The normalized spacial score (nSPS) is 21.3. The molecule has 2 rings (SSSR count). The summed E-state index contributed by atoms with van der Waals surface area (Å²) in [6, 6.07) is 0. The van der Waals surface area contributed by atoms with Crippen LogP contribution in [-0.4, -0.2) is 28.5 Å². The molecule has 2 N–H and O–H groups in total. The third-order valence-corrected chi connectivity index (χ3v) is 4.87. The van der Waals surface area contributed by atoms with Crippen molar-refractivity contribution in [3.63, 3.8) is 0 Å². The van der Waals surface area contributed by atoms with Crippen molar-refractivity contribution in [2.45, 2.75) is 19.3 Å². The van der Waals surface area contributed by atoms with Gasteiger partial charge in [0.15, 0.2) is 0 Å². The van der Waals surface area contributed by atoms with Gasteiger partial charge < -0.3 is 10.4 Å². The SMILES string of the molecule is O=C(NCC1CCCC1C(=O)O)c1ncc(Cl)c(Cl)c1Cl. The van der Waals surface area contributed by atoms with E-state index in [-0.39, 0.29) is 33.2 Å². The number of amides is 1. The maximum Gasteiger partial charge on any atom is 0.306 e. The molecule has 1 aromatic heterocycles. The van der Waals surface area contributed by atoms with Gasteiger partial charge in [-0.1, -0.05) is 41.2 Å². The van der Waals surface area contributed by atoms with E-state index >= 15 is 0 Å². The third kappa shape index (κ3) is 3.59. The van der Waals surface area contributed by atoms with Crippen molar-refractivity contribution in [1.82, 2.24) is 10.3 Å². The van der Waals surface area contributed by atoms with Crippen molar-refractivity contribution < 1.29 is 14.7 Å². The van der Waals surface area contributed by atoms with Gasteiger partial charge in [-0.05, 0) is 18.8 Å². The van der Waals surface area contributed by atoms with Crippen LogP contribution < -0.4 is 5.32 Å². The Labute approximate surface area is 136 Å². The van der Waals surface area contributed by atoms with Crippen LogP contribution in [0.4, 0.5) is 0 Å². The Bertz CT molecular complexity index is 580. The second-order valence-electron chi connectivity index (χ2n) is 4.93. The summed E-state index contributed by atoms with van der Waals surface area (Å²) in [5.74, 6) is -1.80. The molecule has 21 heavy (non-hydrogen) atoms. The molecule has 0 radical (unpaired) electrons. The number of carbonyl (C=O) groups excluding carboxylic acids is 1. The number of carboxylic acids is 1. The fourth-order valence-corrected chi connectivity index (χ4v) is 3.08.